The molecule has 428 valence electrons. The number of fused-ring (bicyclic) bond motifs is 2. The summed E-state index contributed by atoms with van der Waals surface area (Å²) >= 11 is 0. The molecule has 0 radical (unpaired) electrons. The molecule has 1 N–H and O–H groups in total. The molecular weight excluding hydrogens is 1140 g/mol. The van der Waals surface area contributed by atoms with Crippen molar-refractivity contribution in [2.45, 2.75) is 61.1 Å². The molecule has 1 aliphatic heterocycles. The van der Waals surface area contributed by atoms with Crippen LogP contribution in [0.1, 0.15) is 51.5 Å². The van der Waals surface area contributed by atoms with Gasteiger partial charge in [0.05, 0.1) is 49.0 Å². The van der Waals surface area contributed by atoms with Crippen LogP contribution in [0, 0.1) is 19.3 Å². The van der Waals surface area contributed by atoms with Gasteiger partial charge in [-0.3, -0.25) is 24.5 Å². The van der Waals surface area contributed by atoms with Crippen molar-refractivity contribution >= 4 is 46.9 Å². The normalized spacial score (nSPS) is 10.9. The number of carbonyl (C=O) groups excluding carboxylic acids is 3. The summed E-state index contributed by atoms with van der Waals surface area (Å²) in [4.78, 5) is 87.6. The molecule has 0 fully saturated rings. The van der Waals surface area contributed by atoms with E-state index in [1.807, 2.05) is 139 Å². The Kier molecular flexibility index (Phi) is 26.9. The zero-order chi connectivity index (χ0) is 59.6. The number of hydrogen-bond donors (Lipinski definition) is 1. The van der Waals surface area contributed by atoms with E-state index in [4.69, 9.17) is 53.9 Å². The smallest absolute Gasteiger partial charge is 1.00 e. The van der Waals surface area contributed by atoms with E-state index in [1.54, 1.807) is 52.0 Å². The molecule has 9 aromatic rings. The van der Waals surface area contributed by atoms with Gasteiger partial charge in [0, 0.05) is 23.2 Å². The molecule has 0 unspecified atom stereocenters. The number of allylic oxidation sites excluding steroid dienone is 2. The fourth-order valence-corrected chi connectivity index (χ4v) is 8.64. The maximum absolute atomic E-state index is 13.9. The number of rotatable bonds is 18. The van der Waals surface area contributed by atoms with Gasteiger partial charge in [-0.1, -0.05) is 80.6 Å². The SMILES string of the molecule is C=CCn1oc(=O)nc1-c1nc(-c2ccc(OCC)cc2)nc2c1n(CC=C)c(=O)n2-c1ccccc1C.CC.CCOc1ccc(-c2nc(C(=N)COC(=O)Oc3ccccc3)c3c(n2)N(c2ccccc2C)C(=O)C3)cc1.O=CO[O-].[H-].[K+].[K+]. The third-order valence-electron chi connectivity index (χ3n) is 12.1. The van der Waals surface area contributed by atoms with Crippen molar-refractivity contribution in [3.05, 3.63) is 196 Å². The first kappa shape index (κ1) is 68.4. The van der Waals surface area contributed by atoms with E-state index < -0.39 is 18.5 Å². The van der Waals surface area contributed by atoms with Gasteiger partial charge in [-0.2, -0.15) is 9.72 Å². The molecule has 1 amide bonds. The van der Waals surface area contributed by atoms with E-state index >= 15 is 0 Å². The third kappa shape index (κ3) is 16.6. The zero-order valence-corrected chi connectivity index (χ0v) is 54.7. The van der Waals surface area contributed by atoms with Gasteiger partial charge >= 0.3 is 120 Å². The van der Waals surface area contributed by atoms with Crippen LogP contribution in [0.5, 0.6) is 17.2 Å². The van der Waals surface area contributed by atoms with Crippen molar-refractivity contribution < 1.29 is 152 Å². The number of amides is 1. The Hall–Kier alpha value is -7.34. The standard InChI is InChI=1S/C30H26N4O5.C28H26N6O4.C2H6.CH2O3.2K.H/c1-3-37-21-15-13-20(14-16-21)28-32-27(24(31)18-38-30(36)39-22-10-5-4-6-11-22)23-17-26(35)34(29(23)33-28)25-12-8-7-9-19(25)2;1-5-16-32-23-22(25-31-27(35)38-33(25)17-6-2)29-24(19-12-14-20(15-13-19)37-7-3)30-26(23)34(28(32)36)21-11-9-8-10-18(21)4;1-2;2-1-4-3;;;/h4-16,31H,3,17-18H2,1-2H3;5-6,8-15H,1-2,7,16-17H2,3-4H3;1-2H3;1,3H;;;/q;;;;2*+1;-1/p-1. The summed E-state index contributed by atoms with van der Waals surface area (Å²) < 4.78 is 31.1. The Morgan fingerprint density at radius 2 is 1.26 bits per heavy atom. The predicted molar refractivity (Wildman–Crippen MR) is 310 cm³/mol. The number of para-hydroxylation sites is 3. The molecule has 22 nitrogen and oxygen atoms in total. The number of hydrogen-bond acceptors (Lipinski definition) is 18. The number of ether oxygens (including phenoxy) is 4. The number of anilines is 2. The number of nitrogens with zero attached hydrogens (tertiary/aromatic N) is 9. The third-order valence-corrected chi connectivity index (χ3v) is 12.1. The van der Waals surface area contributed by atoms with Gasteiger partial charge in [-0.25, -0.2) is 38.9 Å². The summed E-state index contributed by atoms with van der Waals surface area (Å²) in [6, 6.07) is 38.2. The van der Waals surface area contributed by atoms with Crippen LogP contribution in [0.2, 0.25) is 0 Å². The van der Waals surface area contributed by atoms with Gasteiger partial charge in [-0.15, -0.1) is 13.2 Å². The summed E-state index contributed by atoms with van der Waals surface area (Å²) in [5.41, 5.74) is 5.93. The quantitative estimate of drug-likeness (QED) is 0.0188. The second-order valence-electron chi connectivity index (χ2n) is 17.4. The molecule has 1 aliphatic rings. The van der Waals surface area contributed by atoms with Crippen LogP contribution >= 0.6 is 0 Å². The van der Waals surface area contributed by atoms with Gasteiger partial charge < -0.3 is 35.0 Å². The summed E-state index contributed by atoms with van der Waals surface area (Å²) in [6.07, 6.45) is 2.27. The van der Waals surface area contributed by atoms with E-state index in [9.17, 15) is 19.2 Å². The monoisotopic (exact) mass is 1200 g/mol. The van der Waals surface area contributed by atoms with Crippen molar-refractivity contribution in [3.63, 3.8) is 0 Å². The van der Waals surface area contributed by atoms with Crippen LogP contribution in [-0.4, -0.2) is 82.9 Å². The van der Waals surface area contributed by atoms with Crippen molar-refractivity contribution in [1.29, 1.82) is 5.41 Å². The number of carbonyl (C=O) groups is 3. The zero-order valence-electron chi connectivity index (χ0n) is 49.4. The van der Waals surface area contributed by atoms with Crippen molar-refractivity contribution in [2.24, 2.45) is 0 Å². The molecule has 0 atom stereocenters. The minimum absolute atomic E-state index is 0. The maximum Gasteiger partial charge on any atom is 1.00 e. The van der Waals surface area contributed by atoms with E-state index in [0.29, 0.717) is 87.2 Å². The Bertz CT molecular complexity index is 3910. The average Bonchev–Trinajstić information content (AvgIpc) is 2.34. The minimum Gasteiger partial charge on any atom is -1.00 e. The number of aromatic nitrogens is 8. The summed E-state index contributed by atoms with van der Waals surface area (Å²) in [5.74, 6) is 2.01. The predicted octanol–water partition coefficient (Wildman–Crippen LogP) is 3.38. The molecule has 0 spiro atoms. The molecule has 4 aromatic heterocycles. The van der Waals surface area contributed by atoms with Gasteiger partial charge in [0.25, 0.3) is 6.47 Å². The van der Waals surface area contributed by atoms with E-state index in [1.165, 1.54) is 9.31 Å². The molecule has 5 heterocycles. The fraction of sp³-hybridized carbons (Fsp3) is 0.197. The largest absolute Gasteiger partial charge is 1.00 e. The van der Waals surface area contributed by atoms with Crippen LogP contribution in [0.3, 0.4) is 0 Å². The van der Waals surface area contributed by atoms with Crippen molar-refractivity contribution in [2.75, 3.05) is 24.7 Å². The van der Waals surface area contributed by atoms with Gasteiger partial charge in [0.15, 0.2) is 23.1 Å². The number of aryl methyl sites for hydroxylation is 2. The summed E-state index contributed by atoms with van der Waals surface area (Å²) in [6.45, 7) is 20.1. The Balaban J connectivity index is 0.000000327. The Morgan fingerprint density at radius 1 is 0.718 bits per heavy atom. The second kappa shape index (κ2) is 33.4. The first-order valence-corrected chi connectivity index (χ1v) is 26.2. The number of benzene rings is 5. The van der Waals surface area contributed by atoms with E-state index in [2.05, 4.69) is 28.0 Å². The molecular formula is C61H60K2N10O12. The van der Waals surface area contributed by atoms with Crippen molar-refractivity contribution in [1.82, 2.24) is 38.8 Å². The van der Waals surface area contributed by atoms with Crippen LogP contribution in [0.4, 0.5) is 16.3 Å². The molecule has 10 rings (SSSR count). The molecule has 0 aliphatic carbocycles. The molecule has 85 heavy (non-hydrogen) atoms. The topological polar surface area (TPSA) is 274 Å². The van der Waals surface area contributed by atoms with E-state index in [-0.39, 0.29) is 165 Å². The van der Waals surface area contributed by atoms with Gasteiger partial charge in [0.2, 0.25) is 5.91 Å². The number of nitrogens with one attached hydrogen (secondary N) is 1. The Morgan fingerprint density at radius 3 is 1.80 bits per heavy atom. The average molecular weight is 1200 g/mol. The van der Waals surface area contributed by atoms with Crippen molar-refractivity contribution in [3.8, 4) is 57.2 Å². The minimum atomic E-state index is -0.944. The summed E-state index contributed by atoms with van der Waals surface area (Å²) in [7, 11) is 0. The Labute approximate surface area is 575 Å². The summed E-state index contributed by atoms with van der Waals surface area (Å²) in [5, 5.41) is 17.2. The van der Waals surface area contributed by atoms with Crippen LogP contribution in [0.25, 0.3) is 51.1 Å². The molecule has 5 aromatic carbocycles. The second-order valence-corrected chi connectivity index (χ2v) is 17.4. The molecule has 0 saturated heterocycles. The van der Waals surface area contributed by atoms with Crippen LogP contribution < -0.4 is 139 Å². The van der Waals surface area contributed by atoms with Crippen LogP contribution in [-0.2, 0) is 38.7 Å². The van der Waals surface area contributed by atoms with Gasteiger partial charge in [0.1, 0.15) is 40.9 Å². The van der Waals surface area contributed by atoms with Gasteiger partial charge in [-0.05, 0) is 112 Å². The first-order valence-electron chi connectivity index (χ1n) is 26.2. The fourth-order valence-electron chi connectivity index (χ4n) is 8.64. The molecule has 24 heteroatoms. The molecule has 0 bridgehead atoms. The molecule has 0 saturated carbocycles. The van der Waals surface area contributed by atoms with E-state index in [0.717, 1.165) is 11.1 Å². The maximum atomic E-state index is 13.9. The van der Waals surface area contributed by atoms with Crippen LogP contribution in [0.15, 0.2) is 167 Å². The number of imidazole rings is 1. The first-order chi connectivity index (χ1) is 40.3.